The second-order valence-corrected chi connectivity index (χ2v) is 6.74. The average molecular weight is 334 g/mol. The highest BCUT2D eigenvalue weighted by molar-refractivity contribution is 8.26. The summed E-state index contributed by atoms with van der Waals surface area (Å²) in [6.07, 6.45) is 1.75. The van der Waals surface area contributed by atoms with E-state index in [2.05, 4.69) is 10.3 Å². The van der Waals surface area contributed by atoms with E-state index in [1.54, 1.807) is 13.2 Å². The first-order valence-corrected chi connectivity index (χ1v) is 8.11. The summed E-state index contributed by atoms with van der Waals surface area (Å²) in [7, 11) is 1.64. The molecule has 0 saturated carbocycles. The molecule has 3 rings (SSSR count). The topological polar surface area (TPSA) is 51.2 Å². The number of nitrogens with zero attached hydrogens (tertiary/aromatic N) is 1. The van der Waals surface area contributed by atoms with Crippen LogP contribution in [-0.4, -0.2) is 22.3 Å². The van der Waals surface area contributed by atoms with E-state index in [1.807, 2.05) is 29.6 Å². The van der Waals surface area contributed by atoms with Gasteiger partial charge in [0.2, 0.25) is 0 Å². The van der Waals surface area contributed by atoms with Crippen LogP contribution in [0.2, 0.25) is 0 Å². The fraction of sp³-hybridized carbons (Fsp3) is 0.0714. The Morgan fingerprint density at radius 1 is 1.33 bits per heavy atom. The summed E-state index contributed by atoms with van der Waals surface area (Å²) < 4.78 is 5.62. The second kappa shape index (κ2) is 5.97. The zero-order valence-electron chi connectivity index (χ0n) is 11.0. The number of nitrogens with one attached hydrogen (secondary N) is 1. The van der Waals surface area contributed by atoms with Crippen molar-refractivity contribution in [1.29, 1.82) is 0 Å². The monoisotopic (exact) mass is 334 g/mol. The first kappa shape index (κ1) is 14.2. The van der Waals surface area contributed by atoms with E-state index in [0.29, 0.717) is 9.23 Å². The third-order valence-corrected chi connectivity index (χ3v) is 4.85. The lowest BCUT2D eigenvalue weighted by molar-refractivity contribution is -0.115. The molecule has 0 spiro atoms. The van der Waals surface area contributed by atoms with Gasteiger partial charge in [0, 0.05) is 10.9 Å². The number of amides is 1. The number of carbonyl (C=O) groups excluding carboxylic acids is 1. The highest BCUT2D eigenvalue weighted by atomic mass is 32.2. The molecule has 0 atom stereocenters. The van der Waals surface area contributed by atoms with Crippen LogP contribution in [0, 0.1) is 0 Å². The van der Waals surface area contributed by atoms with Gasteiger partial charge in [-0.15, -0.1) is 11.3 Å². The Balaban J connectivity index is 1.84. The molecule has 1 aromatic heterocycles. The molecule has 1 saturated heterocycles. The predicted molar refractivity (Wildman–Crippen MR) is 90.4 cm³/mol. The van der Waals surface area contributed by atoms with Crippen LogP contribution in [0.25, 0.3) is 16.6 Å². The van der Waals surface area contributed by atoms with Crippen molar-refractivity contribution >= 4 is 51.6 Å². The van der Waals surface area contributed by atoms with Crippen LogP contribution in [0.1, 0.15) is 5.69 Å². The summed E-state index contributed by atoms with van der Waals surface area (Å²) in [6.45, 7) is 0. The van der Waals surface area contributed by atoms with Crippen molar-refractivity contribution in [2.45, 2.75) is 0 Å². The SMILES string of the molecule is COc1ccc(-c2nc(C=C3SC(=S)NC3=O)cs2)cc1. The van der Waals surface area contributed by atoms with Crippen LogP contribution in [0.4, 0.5) is 0 Å². The van der Waals surface area contributed by atoms with Crippen LogP contribution in [0.5, 0.6) is 5.75 Å². The van der Waals surface area contributed by atoms with Crippen LogP contribution >= 0.6 is 35.3 Å². The molecule has 1 amide bonds. The summed E-state index contributed by atoms with van der Waals surface area (Å²) in [5, 5.41) is 5.40. The van der Waals surface area contributed by atoms with E-state index < -0.39 is 0 Å². The van der Waals surface area contributed by atoms with Crippen molar-refractivity contribution in [2.24, 2.45) is 0 Å². The van der Waals surface area contributed by atoms with Crippen molar-refractivity contribution in [3.8, 4) is 16.3 Å². The Morgan fingerprint density at radius 3 is 2.71 bits per heavy atom. The third kappa shape index (κ3) is 3.15. The molecular weight excluding hydrogens is 324 g/mol. The number of thioether (sulfide) groups is 1. The lowest BCUT2D eigenvalue weighted by Crippen LogP contribution is -2.17. The highest BCUT2D eigenvalue weighted by Crippen LogP contribution is 2.29. The van der Waals surface area contributed by atoms with Gasteiger partial charge in [0.1, 0.15) is 15.1 Å². The summed E-state index contributed by atoms with van der Waals surface area (Å²) >= 11 is 7.75. The largest absolute Gasteiger partial charge is 0.497 e. The molecule has 2 aromatic rings. The van der Waals surface area contributed by atoms with Gasteiger partial charge in [0.05, 0.1) is 17.7 Å². The van der Waals surface area contributed by atoms with Crippen LogP contribution in [0.15, 0.2) is 34.6 Å². The number of rotatable bonds is 3. The van der Waals surface area contributed by atoms with E-state index in [4.69, 9.17) is 17.0 Å². The minimum absolute atomic E-state index is 0.163. The smallest absolute Gasteiger partial charge is 0.263 e. The first-order valence-electron chi connectivity index (χ1n) is 6.00. The number of hydrogen-bond donors (Lipinski definition) is 1. The Morgan fingerprint density at radius 2 is 2.10 bits per heavy atom. The van der Waals surface area contributed by atoms with E-state index in [-0.39, 0.29) is 5.91 Å². The number of thiazole rings is 1. The van der Waals surface area contributed by atoms with Gasteiger partial charge in [0.15, 0.2) is 0 Å². The average Bonchev–Trinajstić information content (AvgIpc) is 3.07. The first-order chi connectivity index (χ1) is 10.2. The van der Waals surface area contributed by atoms with Crippen molar-refractivity contribution in [3.63, 3.8) is 0 Å². The number of benzene rings is 1. The Bertz CT molecular complexity index is 735. The molecule has 4 nitrogen and oxygen atoms in total. The molecule has 1 fully saturated rings. The highest BCUT2D eigenvalue weighted by Gasteiger charge is 2.22. The van der Waals surface area contributed by atoms with Gasteiger partial charge < -0.3 is 10.1 Å². The normalized spacial score (nSPS) is 16.3. The number of methoxy groups -OCH3 is 1. The van der Waals surface area contributed by atoms with E-state index in [1.165, 1.54) is 23.1 Å². The standard InChI is InChI=1S/C14H10N2O2S3/c1-18-10-4-2-8(3-5-10)13-15-9(7-20-13)6-11-12(17)16-14(19)21-11/h2-7H,1H3,(H,16,17,19). The lowest BCUT2D eigenvalue weighted by atomic mass is 10.2. The van der Waals surface area contributed by atoms with E-state index in [9.17, 15) is 4.79 Å². The zero-order chi connectivity index (χ0) is 14.8. The Hall–Kier alpha value is -1.70. The molecule has 0 unspecified atom stereocenters. The molecule has 0 bridgehead atoms. The molecule has 0 radical (unpaired) electrons. The zero-order valence-corrected chi connectivity index (χ0v) is 13.4. The molecule has 1 aliphatic heterocycles. The molecule has 2 heterocycles. The number of aromatic nitrogens is 1. The van der Waals surface area contributed by atoms with Crippen LogP contribution in [0.3, 0.4) is 0 Å². The quantitative estimate of drug-likeness (QED) is 0.689. The maximum absolute atomic E-state index is 11.6. The summed E-state index contributed by atoms with van der Waals surface area (Å²) in [6, 6.07) is 7.71. The van der Waals surface area contributed by atoms with E-state index >= 15 is 0 Å². The fourth-order valence-corrected chi connectivity index (χ4v) is 3.59. The molecule has 106 valence electrons. The van der Waals surface area contributed by atoms with Crippen molar-refractivity contribution in [1.82, 2.24) is 10.3 Å². The number of carbonyl (C=O) groups is 1. The maximum Gasteiger partial charge on any atom is 0.263 e. The van der Waals surface area contributed by atoms with Gasteiger partial charge in [-0.05, 0) is 30.3 Å². The van der Waals surface area contributed by atoms with Gasteiger partial charge in [0.25, 0.3) is 5.91 Å². The van der Waals surface area contributed by atoms with Crippen LogP contribution in [-0.2, 0) is 4.79 Å². The predicted octanol–water partition coefficient (Wildman–Crippen LogP) is 3.31. The number of hydrogen-bond acceptors (Lipinski definition) is 6. The van der Waals surface area contributed by atoms with Gasteiger partial charge in [-0.1, -0.05) is 24.0 Å². The minimum atomic E-state index is -0.163. The van der Waals surface area contributed by atoms with E-state index in [0.717, 1.165) is 22.0 Å². The molecule has 0 aliphatic carbocycles. The van der Waals surface area contributed by atoms with Gasteiger partial charge in [-0.25, -0.2) is 4.98 Å². The van der Waals surface area contributed by atoms with Crippen LogP contribution < -0.4 is 10.1 Å². The second-order valence-electron chi connectivity index (χ2n) is 4.16. The molecule has 1 aliphatic rings. The van der Waals surface area contributed by atoms with Crippen molar-refractivity contribution in [2.75, 3.05) is 7.11 Å². The van der Waals surface area contributed by atoms with Crippen molar-refractivity contribution < 1.29 is 9.53 Å². The molecule has 21 heavy (non-hydrogen) atoms. The summed E-state index contributed by atoms with van der Waals surface area (Å²) in [4.78, 5) is 16.7. The fourth-order valence-electron chi connectivity index (χ4n) is 1.77. The summed E-state index contributed by atoms with van der Waals surface area (Å²) in [5.74, 6) is 0.647. The molecule has 1 aromatic carbocycles. The Labute approximate surface area is 135 Å². The molecular formula is C14H10N2O2S3. The lowest BCUT2D eigenvalue weighted by Gasteiger charge is -2.00. The maximum atomic E-state index is 11.6. The van der Waals surface area contributed by atoms with Crippen molar-refractivity contribution in [3.05, 3.63) is 40.2 Å². The third-order valence-electron chi connectivity index (χ3n) is 2.78. The molecule has 7 heteroatoms. The number of thiocarbonyl (C=S) groups is 1. The number of ether oxygens (including phenoxy) is 1. The summed E-state index contributed by atoms with van der Waals surface area (Å²) in [5.41, 5.74) is 1.78. The minimum Gasteiger partial charge on any atom is -0.497 e. The van der Waals surface area contributed by atoms with Gasteiger partial charge in [-0.3, -0.25) is 4.79 Å². The Kier molecular flexibility index (Phi) is 4.05. The molecule has 1 N–H and O–H groups in total. The van der Waals surface area contributed by atoms with Gasteiger partial charge >= 0.3 is 0 Å². The van der Waals surface area contributed by atoms with Gasteiger partial charge in [-0.2, -0.15) is 0 Å².